The van der Waals surface area contributed by atoms with Crippen LogP contribution in [0.25, 0.3) is 0 Å². The molecule has 0 amide bonds. The molecule has 1 aliphatic carbocycles. The highest BCUT2D eigenvalue weighted by Crippen LogP contribution is 2.29. The van der Waals surface area contributed by atoms with E-state index in [1.165, 1.54) is 0 Å². The number of benzene rings is 1. The minimum Gasteiger partial charge on any atom is -0.481 e. The Hall–Kier alpha value is -1.61. The number of carboxylic acids is 1. The molecule has 2 N–H and O–H groups in total. The van der Waals surface area contributed by atoms with E-state index >= 15 is 0 Å². The molecule has 90 valence electrons. The van der Waals surface area contributed by atoms with Gasteiger partial charge in [0.05, 0.1) is 12.0 Å². The third kappa shape index (κ3) is 2.74. The third-order valence-corrected chi connectivity index (χ3v) is 3.19. The Bertz CT molecular complexity index is 422. The maximum Gasteiger partial charge on any atom is 0.310 e. The Labute approximate surface area is 100 Å². The molecule has 1 aromatic carbocycles. The summed E-state index contributed by atoms with van der Waals surface area (Å²) in [6, 6.07) is 9.63. The molecule has 0 heterocycles. The lowest BCUT2D eigenvalue weighted by atomic mass is 9.93. The van der Waals surface area contributed by atoms with Gasteiger partial charge in [-0.15, -0.1) is 0 Å². The van der Waals surface area contributed by atoms with Gasteiger partial charge in [-0.05, 0) is 24.0 Å². The maximum absolute atomic E-state index is 11.0. The lowest BCUT2D eigenvalue weighted by Crippen LogP contribution is -2.23. The molecular formula is C14H16O3. The number of aliphatic hydroxyl groups excluding tert-OH is 1. The zero-order chi connectivity index (χ0) is 12.3. The summed E-state index contributed by atoms with van der Waals surface area (Å²) in [4.78, 5) is 11.0. The first-order valence-corrected chi connectivity index (χ1v) is 5.83. The standard InChI is InChI=1S/C14H16O3/c15-13(9-10-5-2-1-3-6-10)11-7-4-8-12(11)14(16)17/h1-3,5-7,12-13,15H,4,8-9H2,(H,16,17). The second-order valence-electron chi connectivity index (χ2n) is 4.38. The van der Waals surface area contributed by atoms with Crippen LogP contribution in [-0.2, 0) is 11.2 Å². The van der Waals surface area contributed by atoms with Crippen molar-refractivity contribution in [3.05, 3.63) is 47.5 Å². The molecule has 0 saturated heterocycles. The van der Waals surface area contributed by atoms with Gasteiger partial charge < -0.3 is 10.2 Å². The fraction of sp³-hybridized carbons (Fsp3) is 0.357. The van der Waals surface area contributed by atoms with Crippen molar-refractivity contribution in [2.45, 2.75) is 25.4 Å². The molecule has 0 fully saturated rings. The number of hydrogen-bond acceptors (Lipinski definition) is 2. The molecule has 1 aromatic rings. The molecule has 3 nitrogen and oxygen atoms in total. The van der Waals surface area contributed by atoms with Gasteiger partial charge in [0.15, 0.2) is 0 Å². The summed E-state index contributed by atoms with van der Waals surface area (Å²) in [6.45, 7) is 0. The number of aliphatic carboxylic acids is 1. The minimum atomic E-state index is -0.833. The van der Waals surface area contributed by atoms with E-state index in [1.807, 2.05) is 36.4 Å². The summed E-state index contributed by atoms with van der Waals surface area (Å²) in [6.07, 6.45) is 3.03. The van der Waals surface area contributed by atoms with Crippen LogP contribution in [0.1, 0.15) is 18.4 Å². The van der Waals surface area contributed by atoms with E-state index in [0.717, 1.165) is 12.0 Å². The SMILES string of the molecule is O=C(O)C1CCC=C1C(O)Cc1ccccc1. The molecule has 0 spiro atoms. The van der Waals surface area contributed by atoms with Gasteiger partial charge in [0.25, 0.3) is 0 Å². The Morgan fingerprint density at radius 1 is 1.35 bits per heavy atom. The van der Waals surface area contributed by atoms with Gasteiger partial charge in [-0.2, -0.15) is 0 Å². The molecule has 3 heteroatoms. The molecule has 1 aliphatic rings. The van der Waals surface area contributed by atoms with E-state index in [-0.39, 0.29) is 0 Å². The van der Waals surface area contributed by atoms with Crippen LogP contribution in [0, 0.1) is 5.92 Å². The van der Waals surface area contributed by atoms with Crippen LogP contribution in [0.3, 0.4) is 0 Å². The second kappa shape index (κ2) is 5.15. The van der Waals surface area contributed by atoms with Crippen molar-refractivity contribution >= 4 is 5.97 Å². The van der Waals surface area contributed by atoms with Gasteiger partial charge in [-0.25, -0.2) is 0 Å². The number of carbonyl (C=O) groups is 1. The monoisotopic (exact) mass is 232 g/mol. The van der Waals surface area contributed by atoms with Crippen LogP contribution in [0.5, 0.6) is 0 Å². The van der Waals surface area contributed by atoms with E-state index in [0.29, 0.717) is 18.4 Å². The third-order valence-electron chi connectivity index (χ3n) is 3.19. The minimum absolute atomic E-state index is 0.483. The van der Waals surface area contributed by atoms with Crippen molar-refractivity contribution in [2.24, 2.45) is 5.92 Å². The summed E-state index contributed by atoms with van der Waals surface area (Å²) in [5, 5.41) is 19.1. The number of hydrogen-bond donors (Lipinski definition) is 2. The number of carboxylic acid groups (broad SMARTS) is 1. The summed E-state index contributed by atoms with van der Waals surface area (Å²) in [5.74, 6) is -1.34. The zero-order valence-electron chi connectivity index (χ0n) is 9.54. The fourth-order valence-corrected chi connectivity index (χ4v) is 2.32. The topological polar surface area (TPSA) is 57.5 Å². The predicted octanol–water partition coefficient (Wildman–Crippen LogP) is 2.01. The Morgan fingerprint density at radius 3 is 2.71 bits per heavy atom. The van der Waals surface area contributed by atoms with E-state index in [9.17, 15) is 9.90 Å². The average molecular weight is 232 g/mol. The maximum atomic E-state index is 11.0. The first-order chi connectivity index (χ1) is 8.18. The van der Waals surface area contributed by atoms with Crippen LogP contribution in [-0.4, -0.2) is 22.3 Å². The molecular weight excluding hydrogens is 216 g/mol. The van der Waals surface area contributed by atoms with Crippen LogP contribution in [0.15, 0.2) is 42.0 Å². The average Bonchev–Trinajstić information content (AvgIpc) is 2.79. The van der Waals surface area contributed by atoms with Crippen molar-refractivity contribution in [2.75, 3.05) is 0 Å². The van der Waals surface area contributed by atoms with Gasteiger partial charge in [-0.1, -0.05) is 36.4 Å². The molecule has 17 heavy (non-hydrogen) atoms. The van der Waals surface area contributed by atoms with Crippen molar-refractivity contribution in [3.8, 4) is 0 Å². The van der Waals surface area contributed by atoms with Gasteiger partial charge >= 0.3 is 5.97 Å². The number of aliphatic hydroxyl groups is 1. The van der Waals surface area contributed by atoms with Crippen molar-refractivity contribution < 1.29 is 15.0 Å². The summed E-state index contributed by atoms with van der Waals surface area (Å²) >= 11 is 0. The fourth-order valence-electron chi connectivity index (χ4n) is 2.32. The molecule has 0 aliphatic heterocycles. The van der Waals surface area contributed by atoms with Crippen LogP contribution >= 0.6 is 0 Å². The lowest BCUT2D eigenvalue weighted by molar-refractivity contribution is -0.140. The van der Waals surface area contributed by atoms with E-state index in [2.05, 4.69) is 0 Å². The second-order valence-corrected chi connectivity index (χ2v) is 4.38. The van der Waals surface area contributed by atoms with Crippen LogP contribution in [0.4, 0.5) is 0 Å². The smallest absolute Gasteiger partial charge is 0.310 e. The Kier molecular flexibility index (Phi) is 3.59. The molecule has 2 rings (SSSR count). The lowest BCUT2D eigenvalue weighted by Gasteiger charge is -2.16. The molecule has 0 aromatic heterocycles. The summed E-state index contributed by atoms with van der Waals surface area (Å²) in [5.41, 5.74) is 1.69. The van der Waals surface area contributed by atoms with E-state index < -0.39 is 18.0 Å². The number of allylic oxidation sites excluding steroid dienone is 1. The van der Waals surface area contributed by atoms with Gasteiger partial charge in [0.2, 0.25) is 0 Å². The van der Waals surface area contributed by atoms with Crippen molar-refractivity contribution in [1.82, 2.24) is 0 Å². The van der Waals surface area contributed by atoms with Gasteiger partial charge in [0.1, 0.15) is 0 Å². The largest absolute Gasteiger partial charge is 0.481 e. The van der Waals surface area contributed by atoms with Crippen molar-refractivity contribution in [3.63, 3.8) is 0 Å². The molecule has 2 atom stereocenters. The molecule has 0 bridgehead atoms. The van der Waals surface area contributed by atoms with Gasteiger partial charge in [-0.3, -0.25) is 4.79 Å². The Balaban J connectivity index is 2.05. The van der Waals surface area contributed by atoms with Crippen molar-refractivity contribution in [1.29, 1.82) is 0 Å². The molecule has 2 unspecified atom stereocenters. The normalized spacial score (nSPS) is 21.0. The van der Waals surface area contributed by atoms with Crippen LogP contribution in [0.2, 0.25) is 0 Å². The summed E-state index contributed by atoms with van der Waals surface area (Å²) in [7, 11) is 0. The highest BCUT2D eigenvalue weighted by atomic mass is 16.4. The highest BCUT2D eigenvalue weighted by molar-refractivity contribution is 5.74. The first-order valence-electron chi connectivity index (χ1n) is 5.83. The highest BCUT2D eigenvalue weighted by Gasteiger charge is 2.30. The Morgan fingerprint density at radius 2 is 2.06 bits per heavy atom. The predicted molar refractivity (Wildman–Crippen MR) is 64.6 cm³/mol. The number of rotatable bonds is 4. The molecule has 0 saturated carbocycles. The quantitative estimate of drug-likeness (QED) is 0.781. The summed E-state index contributed by atoms with van der Waals surface area (Å²) < 4.78 is 0. The first kappa shape index (κ1) is 11.9. The van der Waals surface area contributed by atoms with Crippen LogP contribution < -0.4 is 0 Å². The van der Waals surface area contributed by atoms with Gasteiger partial charge in [0, 0.05) is 6.42 Å². The zero-order valence-corrected chi connectivity index (χ0v) is 9.54. The van der Waals surface area contributed by atoms with E-state index in [4.69, 9.17) is 5.11 Å². The van der Waals surface area contributed by atoms with E-state index in [1.54, 1.807) is 0 Å². The molecule has 0 radical (unpaired) electrons.